The van der Waals surface area contributed by atoms with Crippen LogP contribution in [-0.4, -0.2) is 64.1 Å². The van der Waals surface area contributed by atoms with Gasteiger partial charge in [-0.1, -0.05) is 12.1 Å². The summed E-state index contributed by atoms with van der Waals surface area (Å²) in [4.78, 5) is 21.5. The van der Waals surface area contributed by atoms with Gasteiger partial charge in [-0.15, -0.1) is 0 Å². The fourth-order valence-electron chi connectivity index (χ4n) is 3.53. The highest BCUT2D eigenvalue weighted by Gasteiger charge is 2.27. The molecule has 0 spiro atoms. The topological polar surface area (TPSA) is 65.1 Å². The number of likely N-dealkylation sites (N-methyl/N-ethyl adjacent to an activating group) is 2. The second kappa shape index (κ2) is 6.59. The maximum absolute atomic E-state index is 12.8. The van der Waals surface area contributed by atoms with Gasteiger partial charge in [0.2, 0.25) is 0 Å². The standard InChI is InChI=1S/C19H25N5O/c1-23-11-3-4-16(12-23)24(2)19(25)15-9-7-14(8-10-15)18-20-17(21-22-18)13-5-6-13/h7-10,13,16H,3-6,11-12H2,1-2H3,(H,20,21,22). The highest BCUT2D eigenvalue weighted by Crippen LogP contribution is 2.38. The van der Waals surface area contributed by atoms with Crippen LogP contribution in [0.1, 0.15) is 47.8 Å². The number of benzene rings is 1. The van der Waals surface area contributed by atoms with Gasteiger partial charge in [0.25, 0.3) is 5.91 Å². The number of rotatable bonds is 4. The van der Waals surface area contributed by atoms with Gasteiger partial charge in [0.15, 0.2) is 5.82 Å². The second-order valence-electron chi connectivity index (χ2n) is 7.37. The van der Waals surface area contributed by atoms with Crippen LogP contribution < -0.4 is 0 Å². The molecule has 4 rings (SSSR count). The van der Waals surface area contributed by atoms with Crippen molar-refractivity contribution >= 4 is 5.91 Å². The molecule has 1 aromatic carbocycles. The molecule has 1 aromatic heterocycles. The lowest BCUT2D eigenvalue weighted by molar-refractivity contribution is 0.0644. The van der Waals surface area contributed by atoms with Crippen molar-refractivity contribution in [2.75, 3.05) is 27.2 Å². The molecule has 1 aliphatic heterocycles. The van der Waals surface area contributed by atoms with Gasteiger partial charge in [-0.2, -0.15) is 5.10 Å². The normalized spacial score (nSPS) is 21.3. The van der Waals surface area contributed by atoms with Crippen molar-refractivity contribution in [3.8, 4) is 11.4 Å². The number of likely N-dealkylation sites (tertiary alicyclic amines) is 1. The molecule has 132 valence electrons. The van der Waals surface area contributed by atoms with Gasteiger partial charge in [0, 0.05) is 36.7 Å². The van der Waals surface area contributed by atoms with Gasteiger partial charge in [-0.05, 0) is 51.4 Å². The zero-order chi connectivity index (χ0) is 17.4. The van der Waals surface area contributed by atoms with Crippen LogP contribution >= 0.6 is 0 Å². The highest BCUT2D eigenvalue weighted by molar-refractivity contribution is 5.94. The molecular weight excluding hydrogens is 314 g/mol. The number of piperidine rings is 1. The van der Waals surface area contributed by atoms with E-state index in [1.54, 1.807) is 0 Å². The van der Waals surface area contributed by atoms with E-state index in [0.717, 1.165) is 42.9 Å². The molecule has 0 radical (unpaired) electrons. The monoisotopic (exact) mass is 339 g/mol. The number of aromatic nitrogens is 3. The molecule has 1 unspecified atom stereocenters. The zero-order valence-corrected chi connectivity index (χ0v) is 14.9. The lowest BCUT2D eigenvalue weighted by Gasteiger charge is -2.35. The molecule has 0 bridgehead atoms. The maximum atomic E-state index is 12.8. The highest BCUT2D eigenvalue weighted by atomic mass is 16.2. The van der Waals surface area contributed by atoms with Gasteiger partial charge in [-0.25, -0.2) is 4.98 Å². The number of nitrogens with zero attached hydrogens (tertiary/aromatic N) is 4. The number of carbonyl (C=O) groups is 1. The van der Waals surface area contributed by atoms with E-state index in [1.165, 1.54) is 12.8 Å². The maximum Gasteiger partial charge on any atom is 0.253 e. The second-order valence-corrected chi connectivity index (χ2v) is 7.37. The quantitative estimate of drug-likeness (QED) is 0.929. The van der Waals surface area contributed by atoms with E-state index in [4.69, 9.17) is 0 Å². The number of hydrogen-bond acceptors (Lipinski definition) is 4. The van der Waals surface area contributed by atoms with E-state index < -0.39 is 0 Å². The number of hydrogen-bond donors (Lipinski definition) is 1. The molecule has 25 heavy (non-hydrogen) atoms. The van der Waals surface area contributed by atoms with Crippen LogP contribution in [0.4, 0.5) is 0 Å². The Bertz CT molecular complexity index is 749. The predicted molar refractivity (Wildman–Crippen MR) is 96.4 cm³/mol. The number of H-pyrrole nitrogens is 1. The third kappa shape index (κ3) is 3.44. The number of nitrogens with one attached hydrogen (secondary N) is 1. The van der Waals surface area contributed by atoms with Crippen molar-refractivity contribution in [2.45, 2.75) is 37.6 Å². The van der Waals surface area contributed by atoms with Crippen LogP contribution in [0.5, 0.6) is 0 Å². The fourth-order valence-corrected chi connectivity index (χ4v) is 3.53. The lowest BCUT2D eigenvalue weighted by Crippen LogP contribution is -2.47. The van der Waals surface area contributed by atoms with Crippen molar-refractivity contribution in [1.29, 1.82) is 0 Å². The Morgan fingerprint density at radius 2 is 2.00 bits per heavy atom. The number of carbonyl (C=O) groups excluding carboxylic acids is 1. The SMILES string of the molecule is CN1CCCC(N(C)C(=O)c2ccc(-c3n[nH]c(C4CC4)n3)cc2)C1. The number of aromatic amines is 1. The lowest BCUT2D eigenvalue weighted by atomic mass is 10.0. The van der Waals surface area contributed by atoms with Crippen molar-refractivity contribution in [3.05, 3.63) is 35.7 Å². The van der Waals surface area contributed by atoms with Crippen LogP contribution in [0.15, 0.2) is 24.3 Å². The first-order valence-corrected chi connectivity index (χ1v) is 9.10. The van der Waals surface area contributed by atoms with Crippen LogP contribution in [0.2, 0.25) is 0 Å². The molecule has 1 saturated carbocycles. The van der Waals surface area contributed by atoms with Crippen LogP contribution in [0.25, 0.3) is 11.4 Å². The van der Waals surface area contributed by atoms with Crippen LogP contribution in [0.3, 0.4) is 0 Å². The first-order valence-electron chi connectivity index (χ1n) is 9.10. The summed E-state index contributed by atoms with van der Waals surface area (Å²) in [5.74, 6) is 2.34. The summed E-state index contributed by atoms with van der Waals surface area (Å²) in [6.45, 7) is 2.06. The Morgan fingerprint density at radius 3 is 2.68 bits per heavy atom. The van der Waals surface area contributed by atoms with Crippen molar-refractivity contribution in [3.63, 3.8) is 0 Å². The molecule has 2 heterocycles. The van der Waals surface area contributed by atoms with E-state index in [1.807, 2.05) is 36.2 Å². The predicted octanol–water partition coefficient (Wildman–Crippen LogP) is 2.52. The molecule has 1 saturated heterocycles. The minimum Gasteiger partial charge on any atom is -0.337 e. The van der Waals surface area contributed by atoms with Gasteiger partial charge < -0.3 is 9.80 Å². The molecule has 2 fully saturated rings. The summed E-state index contributed by atoms with van der Waals surface area (Å²) in [5, 5.41) is 7.33. The Labute approximate surface area is 148 Å². The first kappa shape index (κ1) is 16.3. The Morgan fingerprint density at radius 1 is 1.24 bits per heavy atom. The van der Waals surface area contributed by atoms with Crippen LogP contribution in [-0.2, 0) is 0 Å². The van der Waals surface area contributed by atoms with E-state index in [2.05, 4.69) is 27.1 Å². The Balaban J connectivity index is 1.46. The summed E-state index contributed by atoms with van der Waals surface area (Å²) in [6.07, 6.45) is 4.62. The third-order valence-corrected chi connectivity index (χ3v) is 5.32. The number of amides is 1. The molecule has 1 atom stereocenters. The van der Waals surface area contributed by atoms with Gasteiger partial charge in [0.05, 0.1) is 0 Å². The third-order valence-electron chi connectivity index (χ3n) is 5.32. The first-order chi connectivity index (χ1) is 12.1. The smallest absolute Gasteiger partial charge is 0.253 e. The molecule has 2 aromatic rings. The van der Waals surface area contributed by atoms with E-state index in [9.17, 15) is 4.79 Å². The van der Waals surface area contributed by atoms with Crippen LogP contribution in [0, 0.1) is 0 Å². The summed E-state index contributed by atoms with van der Waals surface area (Å²) in [5.41, 5.74) is 1.66. The molecule has 1 aliphatic carbocycles. The summed E-state index contributed by atoms with van der Waals surface area (Å²) in [6, 6.07) is 7.93. The minimum absolute atomic E-state index is 0.0838. The Hall–Kier alpha value is -2.21. The molecule has 1 N–H and O–H groups in total. The molecule has 1 amide bonds. The van der Waals surface area contributed by atoms with Gasteiger partial charge >= 0.3 is 0 Å². The summed E-state index contributed by atoms with van der Waals surface area (Å²) >= 11 is 0. The minimum atomic E-state index is 0.0838. The zero-order valence-electron chi connectivity index (χ0n) is 14.9. The van der Waals surface area contributed by atoms with Gasteiger partial charge in [-0.3, -0.25) is 9.89 Å². The largest absolute Gasteiger partial charge is 0.337 e. The van der Waals surface area contributed by atoms with Gasteiger partial charge in [0.1, 0.15) is 5.82 Å². The molecule has 6 heteroatoms. The fraction of sp³-hybridized carbons (Fsp3) is 0.526. The van der Waals surface area contributed by atoms with Crippen molar-refractivity contribution < 1.29 is 4.79 Å². The molecule has 2 aliphatic rings. The summed E-state index contributed by atoms with van der Waals surface area (Å²) in [7, 11) is 4.03. The summed E-state index contributed by atoms with van der Waals surface area (Å²) < 4.78 is 0. The van der Waals surface area contributed by atoms with E-state index in [0.29, 0.717) is 17.8 Å². The van der Waals surface area contributed by atoms with E-state index >= 15 is 0 Å². The molecule has 6 nitrogen and oxygen atoms in total. The van der Waals surface area contributed by atoms with E-state index in [-0.39, 0.29) is 5.91 Å². The van der Waals surface area contributed by atoms with Crippen molar-refractivity contribution in [2.24, 2.45) is 0 Å². The molecular formula is C19H25N5O. The Kier molecular flexibility index (Phi) is 4.29. The van der Waals surface area contributed by atoms with Crippen molar-refractivity contribution in [1.82, 2.24) is 25.0 Å². The average molecular weight is 339 g/mol. The average Bonchev–Trinajstić information content (AvgIpc) is 3.37.